The first-order valence-electron chi connectivity index (χ1n) is 6.89. The van der Waals surface area contributed by atoms with Gasteiger partial charge in [0, 0.05) is 36.9 Å². The van der Waals surface area contributed by atoms with Gasteiger partial charge in [0.1, 0.15) is 0 Å². The van der Waals surface area contributed by atoms with Gasteiger partial charge in [0.15, 0.2) is 5.13 Å². The summed E-state index contributed by atoms with van der Waals surface area (Å²) >= 11 is 1.70. The Labute approximate surface area is 122 Å². The van der Waals surface area contributed by atoms with Crippen molar-refractivity contribution in [1.29, 1.82) is 0 Å². The van der Waals surface area contributed by atoms with Crippen molar-refractivity contribution in [2.24, 2.45) is 0 Å². The lowest BCUT2D eigenvalue weighted by Crippen LogP contribution is -2.39. The highest BCUT2D eigenvalue weighted by Crippen LogP contribution is 2.23. The van der Waals surface area contributed by atoms with Crippen molar-refractivity contribution in [2.75, 3.05) is 29.9 Å². The number of piperidine rings is 1. The summed E-state index contributed by atoms with van der Waals surface area (Å²) in [6.07, 6.45) is 7.84. The second-order valence-electron chi connectivity index (χ2n) is 4.94. The highest BCUT2D eigenvalue weighted by Gasteiger charge is 2.20. The van der Waals surface area contributed by atoms with Crippen molar-refractivity contribution in [3.8, 4) is 0 Å². The topological polar surface area (TPSA) is 66.2 Å². The lowest BCUT2D eigenvalue weighted by atomic mass is 10.1. The summed E-state index contributed by atoms with van der Waals surface area (Å²) in [5.41, 5.74) is 1.03. The van der Waals surface area contributed by atoms with Gasteiger partial charge in [-0.3, -0.25) is 4.68 Å². The average Bonchev–Trinajstić information content (AvgIpc) is 3.12. The van der Waals surface area contributed by atoms with Crippen LogP contribution in [0.15, 0.2) is 24.0 Å². The lowest BCUT2D eigenvalue weighted by molar-refractivity contribution is 0.269. The van der Waals surface area contributed by atoms with Crippen LogP contribution >= 0.6 is 11.3 Å². The summed E-state index contributed by atoms with van der Waals surface area (Å²) in [6.45, 7) is 2.74. The molecule has 108 valence electrons. The molecular formula is C13H19N5OS. The van der Waals surface area contributed by atoms with Crippen molar-refractivity contribution < 1.29 is 5.11 Å². The molecule has 2 aromatic heterocycles. The first-order chi connectivity index (χ1) is 9.85. The molecule has 0 bridgehead atoms. The molecule has 0 atom stereocenters. The zero-order valence-corrected chi connectivity index (χ0v) is 12.1. The number of nitrogens with one attached hydrogen (secondary N) is 1. The van der Waals surface area contributed by atoms with Crippen molar-refractivity contribution in [3.63, 3.8) is 0 Å². The number of nitrogens with zero attached hydrogens (tertiary/aromatic N) is 4. The molecule has 0 radical (unpaired) electrons. The highest BCUT2D eigenvalue weighted by atomic mass is 32.1. The Hall–Kier alpha value is -1.60. The molecule has 0 saturated carbocycles. The zero-order valence-electron chi connectivity index (χ0n) is 11.3. The summed E-state index contributed by atoms with van der Waals surface area (Å²) in [7, 11) is 0. The zero-order chi connectivity index (χ0) is 13.8. The molecule has 1 aliphatic heterocycles. The molecule has 0 spiro atoms. The minimum absolute atomic E-state index is 0.118. The maximum absolute atomic E-state index is 8.88. The second-order valence-corrected chi connectivity index (χ2v) is 5.81. The Bertz CT molecular complexity index is 519. The van der Waals surface area contributed by atoms with Crippen molar-refractivity contribution in [3.05, 3.63) is 24.0 Å². The van der Waals surface area contributed by atoms with E-state index in [9.17, 15) is 0 Å². The van der Waals surface area contributed by atoms with Gasteiger partial charge in [0.2, 0.25) is 0 Å². The normalized spacial score (nSPS) is 16.6. The SMILES string of the molecule is OCCn1cc(NC2CCN(c3nccs3)CC2)cn1. The van der Waals surface area contributed by atoms with Crippen LogP contribution in [0, 0.1) is 0 Å². The Morgan fingerprint density at radius 2 is 2.25 bits per heavy atom. The molecule has 0 unspecified atom stereocenters. The van der Waals surface area contributed by atoms with Gasteiger partial charge in [0.25, 0.3) is 0 Å². The number of aliphatic hydroxyl groups excluding tert-OH is 1. The van der Waals surface area contributed by atoms with Crippen molar-refractivity contribution in [1.82, 2.24) is 14.8 Å². The van der Waals surface area contributed by atoms with Crippen LogP contribution < -0.4 is 10.2 Å². The fourth-order valence-electron chi connectivity index (χ4n) is 2.49. The van der Waals surface area contributed by atoms with Crippen LogP contribution in [0.5, 0.6) is 0 Å². The van der Waals surface area contributed by atoms with Crippen LogP contribution in [0.25, 0.3) is 0 Å². The van der Waals surface area contributed by atoms with E-state index in [1.165, 1.54) is 0 Å². The van der Waals surface area contributed by atoms with Crippen LogP contribution in [0.2, 0.25) is 0 Å². The monoisotopic (exact) mass is 293 g/mol. The minimum Gasteiger partial charge on any atom is -0.394 e. The van der Waals surface area contributed by atoms with E-state index < -0.39 is 0 Å². The summed E-state index contributed by atoms with van der Waals surface area (Å²) in [5, 5.41) is 19.7. The molecule has 2 N–H and O–H groups in total. The highest BCUT2D eigenvalue weighted by molar-refractivity contribution is 7.13. The van der Waals surface area contributed by atoms with E-state index in [2.05, 4.69) is 20.3 Å². The molecule has 0 aliphatic carbocycles. The van der Waals surface area contributed by atoms with Gasteiger partial charge >= 0.3 is 0 Å². The van der Waals surface area contributed by atoms with Crippen LogP contribution in [0.3, 0.4) is 0 Å². The second kappa shape index (κ2) is 6.23. The largest absolute Gasteiger partial charge is 0.394 e. The molecule has 2 aromatic rings. The lowest BCUT2D eigenvalue weighted by Gasteiger charge is -2.32. The number of rotatable bonds is 5. The number of anilines is 2. The molecule has 0 aromatic carbocycles. The van der Waals surface area contributed by atoms with E-state index in [0.717, 1.165) is 36.8 Å². The molecule has 20 heavy (non-hydrogen) atoms. The molecule has 7 heteroatoms. The standard InChI is InChI=1S/C13H19N5OS/c19-7-6-18-10-12(9-15-18)16-11-1-4-17(5-2-11)13-14-3-8-20-13/h3,8-11,16,19H,1-2,4-7H2. The van der Waals surface area contributed by atoms with Gasteiger partial charge in [0.05, 0.1) is 25.0 Å². The Balaban J connectivity index is 1.50. The van der Waals surface area contributed by atoms with Gasteiger partial charge < -0.3 is 15.3 Å². The number of thiazole rings is 1. The van der Waals surface area contributed by atoms with Crippen LogP contribution in [0.4, 0.5) is 10.8 Å². The quantitative estimate of drug-likeness (QED) is 0.872. The molecular weight excluding hydrogens is 274 g/mol. The van der Waals surface area contributed by atoms with E-state index in [1.54, 1.807) is 16.0 Å². The molecule has 0 amide bonds. The summed E-state index contributed by atoms with van der Waals surface area (Å²) in [5.74, 6) is 0. The third-order valence-corrected chi connectivity index (χ3v) is 4.35. The van der Waals surface area contributed by atoms with Crippen LogP contribution in [-0.2, 0) is 6.54 Å². The van der Waals surface area contributed by atoms with E-state index in [-0.39, 0.29) is 6.61 Å². The predicted octanol–water partition coefficient (Wildman–Crippen LogP) is 1.41. The van der Waals surface area contributed by atoms with Gasteiger partial charge in [-0.2, -0.15) is 5.10 Å². The molecule has 3 rings (SSSR count). The molecule has 3 heterocycles. The fourth-order valence-corrected chi connectivity index (χ4v) is 3.18. The van der Waals surface area contributed by atoms with Crippen molar-refractivity contribution >= 4 is 22.2 Å². The Morgan fingerprint density at radius 3 is 2.95 bits per heavy atom. The van der Waals surface area contributed by atoms with Gasteiger partial charge in [-0.05, 0) is 12.8 Å². The number of aromatic nitrogens is 3. The minimum atomic E-state index is 0.118. The summed E-state index contributed by atoms with van der Waals surface area (Å²) < 4.78 is 1.76. The maximum atomic E-state index is 8.88. The first kappa shape index (κ1) is 13.4. The van der Waals surface area contributed by atoms with Gasteiger partial charge in [-0.25, -0.2) is 4.98 Å². The van der Waals surface area contributed by atoms with E-state index in [4.69, 9.17) is 5.11 Å². The van der Waals surface area contributed by atoms with Crippen molar-refractivity contribution in [2.45, 2.75) is 25.4 Å². The number of aliphatic hydroxyl groups is 1. The third kappa shape index (κ3) is 3.10. The fraction of sp³-hybridized carbons (Fsp3) is 0.538. The third-order valence-electron chi connectivity index (χ3n) is 3.52. The van der Waals surface area contributed by atoms with Gasteiger partial charge in [-0.1, -0.05) is 0 Å². The first-order valence-corrected chi connectivity index (χ1v) is 7.77. The van der Waals surface area contributed by atoms with E-state index >= 15 is 0 Å². The Morgan fingerprint density at radius 1 is 1.40 bits per heavy atom. The number of hydrogen-bond donors (Lipinski definition) is 2. The smallest absolute Gasteiger partial charge is 0.185 e. The van der Waals surface area contributed by atoms with E-state index in [1.807, 2.05) is 24.0 Å². The van der Waals surface area contributed by atoms with Crippen LogP contribution in [-0.4, -0.2) is 45.6 Å². The predicted molar refractivity (Wildman–Crippen MR) is 80.3 cm³/mol. The summed E-state index contributed by atoms with van der Waals surface area (Å²) in [4.78, 5) is 6.71. The van der Waals surface area contributed by atoms with Gasteiger partial charge in [-0.15, -0.1) is 11.3 Å². The maximum Gasteiger partial charge on any atom is 0.185 e. The average molecular weight is 293 g/mol. The number of hydrogen-bond acceptors (Lipinski definition) is 6. The van der Waals surface area contributed by atoms with E-state index in [0.29, 0.717) is 12.6 Å². The molecule has 1 saturated heterocycles. The molecule has 1 aliphatic rings. The van der Waals surface area contributed by atoms with Crippen LogP contribution in [0.1, 0.15) is 12.8 Å². The molecule has 6 nitrogen and oxygen atoms in total. The Kier molecular flexibility index (Phi) is 4.17. The molecule has 1 fully saturated rings. The summed E-state index contributed by atoms with van der Waals surface area (Å²) in [6, 6.07) is 0.484.